The second kappa shape index (κ2) is 6.71. The first-order valence-electron chi connectivity index (χ1n) is 6.59. The summed E-state index contributed by atoms with van der Waals surface area (Å²) in [6, 6.07) is 0.493. The van der Waals surface area contributed by atoms with Crippen molar-refractivity contribution in [1.82, 2.24) is 10.3 Å². The molecule has 1 heterocycles. The Bertz CT molecular complexity index is 497. The molecule has 0 bridgehead atoms. The quantitative estimate of drug-likeness (QED) is 0.501. The van der Waals surface area contributed by atoms with Crippen LogP contribution in [0.3, 0.4) is 0 Å². The zero-order valence-electron chi connectivity index (χ0n) is 11.6. The predicted octanol–water partition coefficient (Wildman–Crippen LogP) is 1.62. The van der Waals surface area contributed by atoms with Crippen molar-refractivity contribution < 1.29 is 9.53 Å². The molecule has 0 atom stereocenters. The number of nitrogens with one attached hydrogen (secondary N) is 2. The Hall–Kier alpha value is -1.60. The lowest BCUT2D eigenvalue weighted by Crippen LogP contribution is -2.27. The van der Waals surface area contributed by atoms with Gasteiger partial charge in [0.1, 0.15) is 10.7 Å². The first-order chi connectivity index (χ1) is 9.56. The van der Waals surface area contributed by atoms with Gasteiger partial charge in [0, 0.05) is 12.6 Å². The number of ether oxygens (including phenoxy) is 1. The number of hydrogen-bond acceptors (Lipinski definition) is 6. The van der Waals surface area contributed by atoms with Crippen molar-refractivity contribution in [2.75, 3.05) is 30.8 Å². The third-order valence-corrected chi connectivity index (χ3v) is 3.65. The van der Waals surface area contributed by atoms with Crippen LogP contribution in [0.4, 0.5) is 10.9 Å². The Labute approximate surface area is 122 Å². The van der Waals surface area contributed by atoms with E-state index in [1.807, 2.05) is 6.92 Å². The number of nitrogen functional groups attached to an aromatic ring is 1. The maximum atomic E-state index is 12.0. The fourth-order valence-corrected chi connectivity index (χ4v) is 2.40. The maximum absolute atomic E-state index is 12.0. The van der Waals surface area contributed by atoms with Crippen LogP contribution < -0.4 is 16.4 Å². The molecule has 2 rings (SSSR count). The Morgan fingerprint density at radius 2 is 2.35 bits per heavy atom. The minimum atomic E-state index is -0.206. The van der Waals surface area contributed by atoms with Crippen LogP contribution in [0.5, 0.6) is 0 Å². The van der Waals surface area contributed by atoms with Crippen LogP contribution in [-0.2, 0) is 4.74 Å². The van der Waals surface area contributed by atoms with Gasteiger partial charge in [-0.15, -0.1) is 0 Å². The molecule has 4 N–H and O–H groups in total. The topological polar surface area (TPSA) is 89.3 Å². The van der Waals surface area contributed by atoms with Crippen molar-refractivity contribution in [3.63, 3.8) is 0 Å². The highest BCUT2D eigenvalue weighted by Crippen LogP contribution is 2.30. The fraction of sp³-hybridized carbons (Fsp3) is 0.538. The SMILES string of the molecule is C=C(C)COCCNC(=O)c1sc(NC2CC2)nc1N. The summed E-state index contributed by atoms with van der Waals surface area (Å²) in [5, 5.41) is 6.72. The van der Waals surface area contributed by atoms with Gasteiger partial charge in [-0.3, -0.25) is 4.79 Å². The molecule has 0 radical (unpaired) electrons. The van der Waals surface area contributed by atoms with Gasteiger partial charge in [-0.2, -0.15) is 0 Å². The van der Waals surface area contributed by atoms with E-state index in [9.17, 15) is 4.79 Å². The fourth-order valence-electron chi connectivity index (χ4n) is 1.52. The summed E-state index contributed by atoms with van der Waals surface area (Å²) in [6.45, 7) is 7.03. The highest BCUT2D eigenvalue weighted by molar-refractivity contribution is 7.18. The van der Waals surface area contributed by atoms with Crippen molar-refractivity contribution in [3.05, 3.63) is 17.0 Å². The molecule has 1 aromatic rings. The standard InChI is InChI=1S/C13H20N4O2S/c1-8(2)7-19-6-5-15-12(18)10-11(14)17-13(20-10)16-9-3-4-9/h9H,1,3-7,14H2,2H3,(H,15,18)(H,16,17). The third-order valence-electron chi connectivity index (χ3n) is 2.64. The van der Waals surface area contributed by atoms with Gasteiger partial charge in [0.25, 0.3) is 5.91 Å². The average Bonchev–Trinajstić information content (AvgIpc) is 3.10. The van der Waals surface area contributed by atoms with Crippen LogP contribution >= 0.6 is 11.3 Å². The highest BCUT2D eigenvalue weighted by atomic mass is 32.1. The van der Waals surface area contributed by atoms with Crippen LogP contribution in [0.1, 0.15) is 29.4 Å². The second-order valence-corrected chi connectivity index (χ2v) is 5.92. The van der Waals surface area contributed by atoms with Gasteiger partial charge in [0.2, 0.25) is 0 Å². The van der Waals surface area contributed by atoms with Gasteiger partial charge in [-0.05, 0) is 19.8 Å². The Morgan fingerprint density at radius 3 is 3.00 bits per heavy atom. The molecule has 0 aliphatic heterocycles. The molecule has 20 heavy (non-hydrogen) atoms. The summed E-state index contributed by atoms with van der Waals surface area (Å²) >= 11 is 1.29. The largest absolute Gasteiger partial charge is 0.382 e. The first-order valence-corrected chi connectivity index (χ1v) is 7.41. The van der Waals surface area contributed by atoms with E-state index < -0.39 is 0 Å². The molecular formula is C13H20N4O2S. The molecule has 110 valence electrons. The zero-order valence-corrected chi connectivity index (χ0v) is 12.4. The minimum absolute atomic E-state index is 0.206. The molecule has 1 aliphatic carbocycles. The van der Waals surface area contributed by atoms with Crippen LogP contribution in [-0.4, -0.2) is 36.7 Å². The molecule has 1 aromatic heterocycles. The van der Waals surface area contributed by atoms with Crippen LogP contribution in [0, 0.1) is 0 Å². The summed E-state index contributed by atoms with van der Waals surface area (Å²) in [7, 11) is 0. The van der Waals surface area contributed by atoms with E-state index in [1.54, 1.807) is 0 Å². The number of carbonyl (C=O) groups excluding carboxylic acids is 1. The molecule has 1 amide bonds. The summed E-state index contributed by atoms with van der Waals surface area (Å²) < 4.78 is 5.31. The molecular weight excluding hydrogens is 276 g/mol. The number of rotatable bonds is 8. The molecule has 1 fully saturated rings. The highest BCUT2D eigenvalue weighted by Gasteiger charge is 2.24. The van der Waals surface area contributed by atoms with E-state index in [0.29, 0.717) is 35.8 Å². The van der Waals surface area contributed by atoms with Crippen molar-refractivity contribution in [3.8, 4) is 0 Å². The molecule has 1 saturated carbocycles. The van der Waals surface area contributed by atoms with Gasteiger partial charge in [0.15, 0.2) is 5.13 Å². The van der Waals surface area contributed by atoms with E-state index in [-0.39, 0.29) is 11.7 Å². The number of nitrogens with two attached hydrogens (primary N) is 1. The second-order valence-electron chi connectivity index (χ2n) is 4.92. The first kappa shape index (κ1) is 14.8. The van der Waals surface area contributed by atoms with Crippen LogP contribution in [0.2, 0.25) is 0 Å². The normalized spacial score (nSPS) is 14.1. The number of amides is 1. The maximum Gasteiger partial charge on any atom is 0.265 e. The number of aromatic nitrogens is 1. The summed E-state index contributed by atoms with van der Waals surface area (Å²) in [6.07, 6.45) is 2.31. The predicted molar refractivity (Wildman–Crippen MR) is 81.1 cm³/mol. The van der Waals surface area contributed by atoms with E-state index in [1.165, 1.54) is 11.3 Å². The van der Waals surface area contributed by atoms with Crippen molar-refractivity contribution in [2.24, 2.45) is 0 Å². The number of thiazole rings is 1. The van der Waals surface area contributed by atoms with Gasteiger partial charge < -0.3 is 21.1 Å². The number of anilines is 2. The van der Waals surface area contributed by atoms with Gasteiger partial charge in [-0.25, -0.2) is 4.98 Å². The molecule has 0 saturated heterocycles. The van der Waals surface area contributed by atoms with E-state index in [4.69, 9.17) is 10.5 Å². The summed E-state index contributed by atoms with van der Waals surface area (Å²) in [5.74, 6) is 0.0706. The molecule has 7 heteroatoms. The van der Waals surface area contributed by atoms with Crippen molar-refractivity contribution in [1.29, 1.82) is 0 Å². The number of nitrogens with zero attached hydrogens (tertiary/aromatic N) is 1. The minimum Gasteiger partial charge on any atom is -0.382 e. The lowest BCUT2D eigenvalue weighted by molar-refractivity contribution is 0.0931. The van der Waals surface area contributed by atoms with Crippen molar-refractivity contribution >= 4 is 28.2 Å². The molecule has 0 unspecified atom stereocenters. The number of hydrogen-bond donors (Lipinski definition) is 3. The summed E-state index contributed by atoms with van der Waals surface area (Å²) in [5.41, 5.74) is 6.72. The van der Waals surface area contributed by atoms with Gasteiger partial charge in [-0.1, -0.05) is 23.5 Å². The molecule has 6 nitrogen and oxygen atoms in total. The third kappa shape index (κ3) is 4.50. The molecule has 0 aromatic carbocycles. The van der Waals surface area contributed by atoms with E-state index in [2.05, 4.69) is 22.2 Å². The Balaban J connectivity index is 1.76. The average molecular weight is 296 g/mol. The Morgan fingerprint density at radius 1 is 1.60 bits per heavy atom. The Kier molecular flexibility index (Phi) is 4.97. The zero-order chi connectivity index (χ0) is 14.5. The lowest BCUT2D eigenvalue weighted by Gasteiger charge is -2.05. The van der Waals surface area contributed by atoms with Crippen LogP contribution in [0.25, 0.3) is 0 Å². The van der Waals surface area contributed by atoms with Crippen LogP contribution in [0.15, 0.2) is 12.2 Å². The van der Waals surface area contributed by atoms with Crippen molar-refractivity contribution in [2.45, 2.75) is 25.8 Å². The van der Waals surface area contributed by atoms with E-state index >= 15 is 0 Å². The van der Waals surface area contributed by atoms with E-state index in [0.717, 1.165) is 18.4 Å². The lowest BCUT2D eigenvalue weighted by atomic mass is 10.4. The number of carbonyl (C=O) groups is 1. The van der Waals surface area contributed by atoms with Gasteiger partial charge in [0.05, 0.1) is 13.2 Å². The summed E-state index contributed by atoms with van der Waals surface area (Å²) in [4.78, 5) is 16.6. The van der Waals surface area contributed by atoms with Gasteiger partial charge >= 0.3 is 0 Å². The molecule has 1 aliphatic rings. The smallest absolute Gasteiger partial charge is 0.265 e. The molecule has 0 spiro atoms. The monoisotopic (exact) mass is 296 g/mol.